The Morgan fingerprint density at radius 3 is 2.19 bits per heavy atom. The van der Waals surface area contributed by atoms with Gasteiger partial charge >= 0.3 is 6.18 Å². The number of halogens is 7. The van der Waals surface area contributed by atoms with Crippen LogP contribution in [0.5, 0.6) is 0 Å². The van der Waals surface area contributed by atoms with Crippen molar-refractivity contribution in [2.24, 2.45) is 0 Å². The lowest BCUT2D eigenvalue weighted by molar-refractivity contribution is -0.138. The summed E-state index contributed by atoms with van der Waals surface area (Å²) in [5, 5.41) is -0.425. The van der Waals surface area contributed by atoms with Gasteiger partial charge in [-0.25, -0.2) is 0 Å². The molecule has 112 valence electrons. The predicted octanol–water partition coefficient (Wildman–Crippen LogP) is 7.10. The molecule has 0 radical (unpaired) electrons. The van der Waals surface area contributed by atoms with Gasteiger partial charge in [0, 0.05) is 4.47 Å². The van der Waals surface area contributed by atoms with Gasteiger partial charge in [0.05, 0.1) is 21.0 Å². The largest absolute Gasteiger partial charge is 0.416 e. The van der Waals surface area contributed by atoms with E-state index in [2.05, 4.69) is 15.9 Å². The van der Waals surface area contributed by atoms with Crippen molar-refractivity contribution >= 4 is 50.7 Å². The van der Waals surface area contributed by atoms with Crippen molar-refractivity contribution in [2.45, 2.75) is 11.6 Å². The van der Waals surface area contributed by atoms with E-state index in [4.69, 9.17) is 34.8 Å². The van der Waals surface area contributed by atoms with E-state index in [1.807, 2.05) is 0 Å². The highest BCUT2D eigenvalue weighted by Crippen LogP contribution is 2.41. The predicted molar refractivity (Wildman–Crippen MR) is 83.3 cm³/mol. The van der Waals surface area contributed by atoms with E-state index in [-0.39, 0.29) is 10.6 Å². The van der Waals surface area contributed by atoms with Crippen LogP contribution in [-0.4, -0.2) is 0 Å². The Morgan fingerprint density at radius 2 is 1.62 bits per heavy atom. The smallest absolute Gasteiger partial charge is 0.166 e. The fourth-order valence-electron chi connectivity index (χ4n) is 1.84. The van der Waals surface area contributed by atoms with Gasteiger partial charge in [0.2, 0.25) is 0 Å². The zero-order valence-corrected chi connectivity index (χ0v) is 14.0. The van der Waals surface area contributed by atoms with Crippen LogP contribution in [0.25, 0.3) is 0 Å². The molecule has 0 aliphatic carbocycles. The van der Waals surface area contributed by atoms with Crippen molar-refractivity contribution in [2.75, 3.05) is 0 Å². The summed E-state index contributed by atoms with van der Waals surface area (Å²) >= 11 is 20.9. The highest BCUT2D eigenvalue weighted by Gasteiger charge is 2.35. The molecule has 0 aromatic heterocycles. The summed E-state index contributed by atoms with van der Waals surface area (Å²) in [6.07, 6.45) is -4.50. The van der Waals surface area contributed by atoms with Crippen LogP contribution in [-0.2, 0) is 6.18 Å². The van der Waals surface area contributed by atoms with Crippen molar-refractivity contribution in [3.05, 3.63) is 67.6 Å². The Hall–Kier alpha value is -0.420. The van der Waals surface area contributed by atoms with E-state index in [9.17, 15) is 13.2 Å². The van der Waals surface area contributed by atoms with Crippen molar-refractivity contribution < 1.29 is 13.2 Å². The average molecular weight is 418 g/mol. The molecule has 21 heavy (non-hydrogen) atoms. The maximum Gasteiger partial charge on any atom is 0.416 e. The summed E-state index contributed by atoms with van der Waals surface area (Å²) in [4.78, 5) is 0. The van der Waals surface area contributed by atoms with E-state index < -0.39 is 17.1 Å². The summed E-state index contributed by atoms with van der Waals surface area (Å²) in [5.74, 6) is 0. The Kier molecular flexibility index (Phi) is 5.14. The Morgan fingerprint density at radius 1 is 0.952 bits per heavy atom. The summed E-state index contributed by atoms with van der Waals surface area (Å²) in [7, 11) is 0. The summed E-state index contributed by atoms with van der Waals surface area (Å²) in [6.45, 7) is 0. The number of rotatable bonds is 2. The van der Waals surface area contributed by atoms with Crippen molar-refractivity contribution in [3.8, 4) is 0 Å². The minimum Gasteiger partial charge on any atom is -0.166 e. The van der Waals surface area contributed by atoms with Crippen LogP contribution in [0.3, 0.4) is 0 Å². The van der Waals surface area contributed by atoms with Gasteiger partial charge in [-0.2, -0.15) is 13.2 Å². The fraction of sp³-hybridized carbons (Fsp3) is 0.143. The molecule has 1 unspecified atom stereocenters. The first-order chi connectivity index (χ1) is 9.70. The summed E-state index contributed by atoms with van der Waals surface area (Å²) < 4.78 is 39.7. The molecular formula is C14H7BrCl3F3. The first kappa shape index (κ1) is 16.9. The molecule has 0 amide bonds. The Labute approximate surface area is 142 Å². The molecule has 0 N–H and O–H groups in total. The maximum atomic E-state index is 13.1. The van der Waals surface area contributed by atoms with Crippen molar-refractivity contribution in [1.82, 2.24) is 0 Å². The molecular weight excluding hydrogens is 411 g/mol. The van der Waals surface area contributed by atoms with Crippen molar-refractivity contribution in [3.63, 3.8) is 0 Å². The van der Waals surface area contributed by atoms with Gasteiger partial charge in [0.15, 0.2) is 0 Å². The maximum absolute atomic E-state index is 13.1. The summed E-state index contributed by atoms with van der Waals surface area (Å²) in [6, 6.07) is 8.37. The molecule has 1 atom stereocenters. The summed E-state index contributed by atoms with van der Waals surface area (Å²) in [5.41, 5.74) is -0.382. The molecule has 7 heteroatoms. The standard InChI is InChI=1S/C14H7BrCl3F3/c15-8-2-3-9(10(6-8)14(19,20)21)13(18)7-1-4-11(16)12(17)5-7/h1-6,13H. The normalized spacial score (nSPS) is 13.3. The van der Waals surface area contributed by atoms with Crippen LogP contribution in [0.4, 0.5) is 13.2 Å². The fourth-order valence-corrected chi connectivity index (χ4v) is 2.84. The number of alkyl halides is 4. The van der Waals surface area contributed by atoms with Gasteiger partial charge in [-0.3, -0.25) is 0 Å². The third-order valence-electron chi connectivity index (χ3n) is 2.83. The molecule has 0 nitrogen and oxygen atoms in total. The topological polar surface area (TPSA) is 0 Å². The Balaban J connectivity index is 2.52. The van der Waals surface area contributed by atoms with Gasteiger partial charge in [-0.1, -0.05) is 51.3 Å². The van der Waals surface area contributed by atoms with E-state index in [0.717, 1.165) is 6.07 Å². The second-order valence-electron chi connectivity index (χ2n) is 4.27. The molecule has 0 saturated carbocycles. The molecule has 0 aliphatic heterocycles. The third-order valence-corrected chi connectivity index (χ3v) is 4.55. The van der Waals surface area contributed by atoms with Crippen LogP contribution in [0.2, 0.25) is 10.0 Å². The minimum atomic E-state index is -4.50. The highest BCUT2D eigenvalue weighted by atomic mass is 79.9. The average Bonchev–Trinajstić information content (AvgIpc) is 2.40. The third kappa shape index (κ3) is 3.86. The molecule has 2 aromatic rings. The van der Waals surface area contributed by atoms with Crippen LogP contribution in [0.1, 0.15) is 22.1 Å². The van der Waals surface area contributed by atoms with Gasteiger partial charge in [0.25, 0.3) is 0 Å². The zero-order chi connectivity index (χ0) is 15.8. The molecule has 2 rings (SSSR count). The lowest BCUT2D eigenvalue weighted by atomic mass is 9.99. The monoisotopic (exact) mass is 416 g/mol. The molecule has 0 heterocycles. The SMILES string of the molecule is FC(F)(F)c1cc(Br)ccc1C(Cl)c1ccc(Cl)c(Cl)c1. The van der Waals surface area contributed by atoms with Gasteiger partial charge < -0.3 is 0 Å². The minimum absolute atomic E-state index is 0.0363. The van der Waals surface area contributed by atoms with E-state index in [1.54, 1.807) is 6.07 Å². The molecule has 2 aromatic carbocycles. The number of hydrogen-bond donors (Lipinski definition) is 0. The van der Waals surface area contributed by atoms with E-state index in [1.165, 1.54) is 24.3 Å². The van der Waals surface area contributed by atoms with Crippen LogP contribution in [0.15, 0.2) is 40.9 Å². The highest BCUT2D eigenvalue weighted by molar-refractivity contribution is 9.10. The Bertz CT molecular complexity index is 671. The lowest BCUT2D eigenvalue weighted by Crippen LogP contribution is -2.11. The van der Waals surface area contributed by atoms with Gasteiger partial charge in [-0.15, -0.1) is 11.6 Å². The first-order valence-electron chi connectivity index (χ1n) is 5.66. The molecule has 0 spiro atoms. The lowest BCUT2D eigenvalue weighted by Gasteiger charge is -2.18. The molecule has 0 aliphatic rings. The van der Waals surface area contributed by atoms with Gasteiger partial charge in [0.1, 0.15) is 0 Å². The number of hydrogen-bond acceptors (Lipinski definition) is 0. The van der Waals surface area contributed by atoms with E-state index >= 15 is 0 Å². The van der Waals surface area contributed by atoms with E-state index in [0.29, 0.717) is 15.1 Å². The van der Waals surface area contributed by atoms with Crippen molar-refractivity contribution in [1.29, 1.82) is 0 Å². The quantitative estimate of drug-likeness (QED) is 0.456. The van der Waals surface area contributed by atoms with Crippen LogP contribution < -0.4 is 0 Å². The number of benzene rings is 2. The van der Waals surface area contributed by atoms with Crippen LogP contribution >= 0.6 is 50.7 Å². The molecule has 0 bridgehead atoms. The van der Waals surface area contributed by atoms with Gasteiger partial charge in [-0.05, 0) is 35.4 Å². The zero-order valence-electron chi connectivity index (χ0n) is 10.2. The first-order valence-corrected chi connectivity index (χ1v) is 7.64. The molecule has 0 fully saturated rings. The molecule has 0 saturated heterocycles. The second-order valence-corrected chi connectivity index (χ2v) is 6.43. The van der Waals surface area contributed by atoms with Crippen LogP contribution in [0, 0.1) is 0 Å². The second kappa shape index (κ2) is 6.37.